The fourth-order valence-corrected chi connectivity index (χ4v) is 3.89. The van der Waals surface area contributed by atoms with Crippen molar-refractivity contribution >= 4 is 27.5 Å². The molecule has 2 aromatic carbocycles. The quantitative estimate of drug-likeness (QED) is 0.316. The van der Waals surface area contributed by atoms with E-state index in [1.165, 1.54) is 18.4 Å². The van der Waals surface area contributed by atoms with Gasteiger partial charge in [0, 0.05) is 17.2 Å². The van der Waals surface area contributed by atoms with Crippen molar-refractivity contribution in [1.82, 2.24) is 4.57 Å². The Balaban J connectivity index is 2.38. The summed E-state index contributed by atoms with van der Waals surface area (Å²) in [7, 11) is 0. The first kappa shape index (κ1) is 19.3. The van der Waals surface area contributed by atoms with Crippen molar-refractivity contribution in [2.75, 3.05) is 0 Å². The minimum Gasteiger partial charge on any atom is -0.288 e. The summed E-state index contributed by atoms with van der Waals surface area (Å²) in [5, 5.41) is 20.8. The summed E-state index contributed by atoms with van der Waals surface area (Å²) >= 11 is 0. The predicted octanol–water partition coefficient (Wildman–Crippen LogP) is 6.19. The van der Waals surface area contributed by atoms with Crippen molar-refractivity contribution < 1.29 is 0 Å². The zero-order valence-corrected chi connectivity index (χ0v) is 17.2. The number of hydrogen-bond acceptors (Lipinski definition) is 2. The number of fused-ring (bicyclic) bond motifs is 3. The highest BCUT2D eigenvalue weighted by Crippen LogP contribution is 2.29. The third-order valence-corrected chi connectivity index (χ3v) is 5.07. The van der Waals surface area contributed by atoms with Gasteiger partial charge in [0.2, 0.25) is 0 Å². The van der Waals surface area contributed by atoms with Crippen molar-refractivity contribution in [3.63, 3.8) is 0 Å². The molecule has 3 heteroatoms. The number of rotatable bonds is 4. The third kappa shape index (κ3) is 3.83. The molecule has 27 heavy (non-hydrogen) atoms. The van der Waals surface area contributed by atoms with Crippen LogP contribution in [0.3, 0.4) is 0 Å². The predicted molar refractivity (Wildman–Crippen MR) is 116 cm³/mol. The summed E-state index contributed by atoms with van der Waals surface area (Å²) in [6.07, 6.45) is 4.07. The van der Waals surface area contributed by atoms with E-state index in [1.807, 2.05) is 22.8 Å². The summed E-state index contributed by atoms with van der Waals surface area (Å²) in [5.74, 6) is 0.493. The molecule has 0 radical (unpaired) electrons. The van der Waals surface area contributed by atoms with Crippen LogP contribution in [0.1, 0.15) is 58.1 Å². The van der Waals surface area contributed by atoms with Gasteiger partial charge in [-0.05, 0) is 47.8 Å². The number of benzene rings is 2. The number of nitrogens with zero attached hydrogens (tertiary/aromatic N) is 1. The number of unbranched alkanes of at least 4 members (excludes halogenated alkanes) is 1. The van der Waals surface area contributed by atoms with E-state index in [4.69, 9.17) is 10.8 Å². The largest absolute Gasteiger partial charge is 0.288 e. The number of hydrogen-bond donors (Lipinski definition) is 2. The molecule has 0 amide bonds. The lowest BCUT2D eigenvalue weighted by molar-refractivity contribution is 0.429. The van der Waals surface area contributed by atoms with Gasteiger partial charge in [0.1, 0.15) is 11.3 Å². The molecule has 0 unspecified atom stereocenters. The summed E-state index contributed by atoms with van der Waals surface area (Å²) in [6.45, 7) is 10.8. The maximum Gasteiger partial charge on any atom is 0.138 e. The highest BCUT2D eigenvalue weighted by molar-refractivity contribution is 6.09. The molecule has 0 saturated carbocycles. The standard InChI is InChI=1S/C24H31N3/c1-6-7-10-17-13-16(2)22-20(14-17)18-11-8-9-12-19(18)23(26)27(22)21(25)15-24(3,4)5/h8-9,11-14,25-26H,6-7,10,15H2,1-5H3. The maximum absolute atomic E-state index is 8.84. The molecule has 0 aliphatic heterocycles. The average Bonchev–Trinajstić information content (AvgIpc) is 2.59. The van der Waals surface area contributed by atoms with Crippen LogP contribution in [-0.4, -0.2) is 10.4 Å². The van der Waals surface area contributed by atoms with Crippen molar-refractivity contribution in [1.29, 1.82) is 10.8 Å². The summed E-state index contributed by atoms with van der Waals surface area (Å²) in [4.78, 5) is 0. The van der Waals surface area contributed by atoms with E-state index in [-0.39, 0.29) is 5.41 Å². The Morgan fingerprint density at radius 2 is 1.70 bits per heavy atom. The molecule has 0 spiro atoms. The van der Waals surface area contributed by atoms with Crippen LogP contribution < -0.4 is 5.49 Å². The Kier molecular flexibility index (Phi) is 5.23. The van der Waals surface area contributed by atoms with Crippen LogP contribution in [0.4, 0.5) is 0 Å². The first-order valence-electron chi connectivity index (χ1n) is 9.92. The molecule has 0 aliphatic carbocycles. The van der Waals surface area contributed by atoms with Gasteiger partial charge < -0.3 is 0 Å². The first-order chi connectivity index (χ1) is 12.7. The van der Waals surface area contributed by atoms with Crippen molar-refractivity contribution in [3.05, 3.63) is 53.0 Å². The molecule has 3 nitrogen and oxygen atoms in total. The zero-order chi connectivity index (χ0) is 19.8. The zero-order valence-electron chi connectivity index (χ0n) is 17.2. The molecule has 142 valence electrons. The minimum atomic E-state index is 0.00344. The van der Waals surface area contributed by atoms with Crippen LogP contribution in [0.5, 0.6) is 0 Å². The second-order valence-corrected chi connectivity index (χ2v) is 8.83. The fourth-order valence-electron chi connectivity index (χ4n) is 3.89. The van der Waals surface area contributed by atoms with Crippen LogP contribution in [0.2, 0.25) is 0 Å². The fraction of sp³-hybridized carbons (Fsp3) is 0.417. The third-order valence-electron chi connectivity index (χ3n) is 5.07. The smallest absolute Gasteiger partial charge is 0.138 e. The Labute approximate surface area is 162 Å². The van der Waals surface area contributed by atoms with Gasteiger partial charge in [0.15, 0.2) is 0 Å². The van der Waals surface area contributed by atoms with E-state index >= 15 is 0 Å². The van der Waals surface area contributed by atoms with E-state index in [9.17, 15) is 0 Å². The van der Waals surface area contributed by atoms with E-state index in [0.717, 1.165) is 33.7 Å². The summed E-state index contributed by atoms with van der Waals surface area (Å²) < 4.78 is 1.86. The van der Waals surface area contributed by atoms with Gasteiger partial charge in [-0.3, -0.25) is 15.4 Å². The van der Waals surface area contributed by atoms with Gasteiger partial charge in [0.25, 0.3) is 0 Å². The molecular weight excluding hydrogens is 330 g/mol. The normalized spacial score (nSPS) is 12.0. The topological polar surface area (TPSA) is 52.6 Å². The number of aromatic nitrogens is 1. The number of aryl methyl sites for hydroxylation is 2. The Bertz CT molecular complexity index is 1060. The highest BCUT2D eigenvalue weighted by Gasteiger charge is 2.19. The van der Waals surface area contributed by atoms with Crippen molar-refractivity contribution in [2.45, 2.75) is 60.3 Å². The van der Waals surface area contributed by atoms with Crippen LogP contribution in [-0.2, 0) is 6.42 Å². The SMILES string of the molecule is CCCCc1cc(C)c2c(c1)c1ccccc1c(=N)n2C(=N)CC(C)(C)C. The molecular formula is C24H31N3. The lowest BCUT2D eigenvalue weighted by atomic mass is 9.91. The molecule has 0 atom stereocenters. The Morgan fingerprint density at radius 1 is 1.04 bits per heavy atom. The lowest BCUT2D eigenvalue weighted by Gasteiger charge is -2.23. The summed E-state index contributed by atoms with van der Waals surface area (Å²) in [6, 6.07) is 12.7. The lowest BCUT2D eigenvalue weighted by Crippen LogP contribution is -2.30. The van der Waals surface area contributed by atoms with E-state index in [0.29, 0.717) is 17.7 Å². The van der Waals surface area contributed by atoms with Gasteiger partial charge >= 0.3 is 0 Å². The highest BCUT2D eigenvalue weighted by atomic mass is 15.0. The maximum atomic E-state index is 8.84. The molecule has 3 aromatic rings. The second-order valence-electron chi connectivity index (χ2n) is 8.83. The van der Waals surface area contributed by atoms with Crippen molar-refractivity contribution in [2.24, 2.45) is 5.41 Å². The van der Waals surface area contributed by atoms with Gasteiger partial charge in [0.05, 0.1) is 5.52 Å². The average molecular weight is 362 g/mol. The van der Waals surface area contributed by atoms with Crippen LogP contribution in [0.15, 0.2) is 36.4 Å². The van der Waals surface area contributed by atoms with E-state index < -0.39 is 0 Å². The van der Waals surface area contributed by atoms with E-state index in [2.05, 4.69) is 52.8 Å². The molecule has 2 N–H and O–H groups in total. The minimum absolute atomic E-state index is 0.00344. The Morgan fingerprint density at radius 3 is 2.33 bits per heavy atom. The molecule has 3 rings (SSSR count). The van der Waals surface area contributed by atoms with Gasteiger partial charge in [-0.2, -0.15) is 0 Å². The molecule has 1 aromatic heterocycles. The number of nitrogens with one attached hydrogen (secondary N) is 2. The first-order valence-corrected chi connectivity index (χ1v) is 9.92. The van der Waals surface area contributed by atoms with Crippen LogP contribution >= 0.6 is 0 Å². The van der Waals surface area contributed by atoms with Gasteiger partial charge in [-0.15, -0.1) is 0 Å². The van der Waals surface area contributed by atoms with Gasteiger partial charge in [-0.25, -0.2) is 0 Å². The Hall–Kier alpha value is -2.42. The van der Waals surface area contributed by atoms with Gasteiger partial charge in [-0.1, -0.05) is 64.4 Å². The number of pyridine rings is 1. The van der Waals surface area contributed by atoms with Crippen LogP contribution in [0, 0.1) is 23.2 Å². The molecule has 0 aliphatic rings. The molecule has 0 fully saturated rings. The van der Waals surface area contributed by atoms with Crippen molar-refractivity contribution in [3.8, 4) is 0 Å². The molecule has 0 saturated heterocycles. The van der Waals surface area contributed by atoms with E-state index in [1.54, 1.807) is 0 Å². The monoisotopic (exact) mass is 361 g/mol. The molecule has 0 bridgehead atoms. The van der Waals surface area contributed by atoms with Crippen LogP contribution in [0.25, 0.3) is 21.7 Å². The second kappa shape index (κ2) is 7.30. The molecule has 1 heterocycles. The summed E-state index contributed by atoms with van der Waals surface area (Å²) in [5.41, 5.74) is 3.92.